The maximum atomic E-state index is 5.60. The molecule has 0 unspecified atom stereocenters. The molecule has 0 aromatic heterocycles. The summed E-state index contributed by atoms with van der Waals surface area (Å²) in [6, 6.07) is 0. The van der Waals surface area contributed by atoms with Crippen LogP contribution >= 0.6 is 0 Å². The van der Waals surface area contributed by atoms with Gasteiger partial charge in [-0.1, -0.05) is 0 Å². The van der Waals surface area contributed by atoms with E-state index in [2.05, 4.69) is 0 Å². The Morgan fingerprint density at radius 1 is 0.433 bits per heavy atom. The van der Waals surface area contributed by atoms with Crippen molar-refractivity contribution in [1.29, 1.82) is 0 Å². The molecular formula is C28H48O2. The smallest absolute Gasteiger partial charge is 0.0571 e. The van der Waals surface area contributed by atoms with Gasteiger partial charge in [-0.3, -0.25) is 0 Å². The lowest BCUT2D eigenvalue weighted by atomic mass is 9.43. The highest BCUT2D eigenvalue weighted by Crippen LogP contribution is 2.67. The summed E-state index contributed by atoms with van der Waals surface area (Å²) in [6.07, 6.45) is 27.8. The molecule has 0 saturated heterocycles. The maximum Gasteiger partial charge on any atom is 0.0571 e. The van der Waals surface area contributed by atoms with Crippen LogP contribution in [0.2, 0.25) is 0 Å². The molecule has 0 radical (unpaired) electrons. The third-order valence-electron chi connectivity index (χ3n) is 11.1. The minimum Gasteiger partial charge on any atom is -0.381 e. The number of rotatable bonds is 4. The molecule has 0 N–H and O–H groups in total. The van der Waals surface area contributed by atoms with E-state index in [-0.39, 0.29) is 0 Å². The highest BCUT2D eigenvalue weighted by molar-refractivity contribution is 5.07. The topological polar surface area (TPSA) is 18.5 Å². The fourth-order valence-corrected chi connectivity index (χ4v) is 9.29. The van der Waals surface area contributed by atoms with Gasteiger partial charge in [0.05, 0.1) is 12.2 Å². The largest absolute Gasteiger partial charge is 0.381 e. The first kappa shape index (κ1) is 21.7. The number of hydrogen-bond donors (Lipinski definition) is 0. The van der Waals surface area contributed by atoms with Crippen LogP contribution in [0.25, 0.3) is 0 Å². The molecule has 0 atom stereocenters. The molecule has 0 bridgehead atoms. The summed E-state index contributed by atoms with van der Waals surface area (Å²) in [4.78, 5) is 0. The first-order valence-electron chi connectivity index (χ1n) is 13.7. The van der Waals surface area contributed by atoms with E-state index in [1.807, 2.05) is 14.2 Å². The minimum absolute atomic E-state index is 0.563. The predicted octanol–water partition coefficient (Wildman–Crippen LogP) is 7.54. The van der Waals surface area contributed by atoms with E-state index in [4.69, 9.17) is 9.47 Å². The van der Waals surface area contributed by atoms with Gasteiger partial charge in [0.15, 0.2) is 0 Å². The molecular weight excluding hydrogens is 368 g/mol. The van der Waals surface area contributed by atoms with Crippen LogP contribution in [0.5, 0.6) is 0 Å². The number of hydrogen-bond acceptors (Lipinski definition) is 2. The van der Waals surface area contributed by atoms with Crippen LogP contribution in [0.3, 0.4) is 0 Å². The molecule has 0 aromatic carbocycles. The fourth-order valence-electron chi connectivity index (χ4n) is 9.29. The molecule has 5 aliphatic rings. The highest BCUT2D eigenvalue weighted by Gasteiger charge is 2.56. The lowest BCUT2D eigenvalue weighted by Gasteiger charge is -2.62. The summed E-state index contributed by atoms with van der Waals surface area (Å²) in [7, 11) is 3.81. The SMILES string of the molecule is CO[C@H]1CC[C@H](C2CCC3(CC2)CC2(CCC([C@H]4CC[C@H](OC)CC4)CC2)C3)CC1. The zero-order chi connectivity index (χ0) is 20.6. The van der Waals surface area contributed by atoms with Gasteiger partial charge >= 0.3 is 0 Å². The molecule has 2 nitrogen and oxygen atoms in total. The Labute approximate surface area is 186 Å². The molecule has 0 amide bonds. The Kier molecular flexibility index (Phi) is 6.56. The van der Waals surface area contributed by atoms with E-state index in [1.165, 1.54) is 51.4 Å². The Bertz CT molecular complexity index is 481. The average molecular weight is 417 g/mol. The molecule has 5 fully saturated rings. The van der Waals surface area contributed by atoms with Gasteiger partial charge in [0.2, 0.25) is 0 Å². The Balaban J connectivity index is 1.04. The van der Waals surface area contributed by atoms with Crippen molar-refractivity contribution in [3.05, 3.63) is 0 Å². The molecule has 172 valence electrons. The molecule has 5 aliphatic carbocycles. The van der Waals surface area contributed by atoms with E-state index in [1.54, 1.807) is 64.2 Å². The van der Waals surface area contributed by atoms with Crippen molar-refractivity contribution < 1.29 is 9.47 Å². The highest BCUT2D eigenvalue weighted by atomic mass is 16.5. The van der Waals surface area contributed by atoms with Crippen LogP contribution in [0.15, 0.2) is 0 Å². The van der Waals surface area contributed by atoms with E-state index in [9.17, 15) is 0 Å². The van der Waals surface area contributed by atoms with E-state index in [0.29, 0.717) is 12.2 Å². The van der Waals surface area contributed by atoms with Gasteiger partial charge in [0.25, 0.3) is 0 Å². The molecule has 2 heteroatoms. The van der Waals surface area contributed by atoms with Gasteiger partial charge in [0.1, 0.15) is 0 Å². The predicted molar refractivity (Wildman–Crippen MR) is 124 cm³/mol. The fraction of sp³-hybridized carbons (Fsp3) is 1.00. The van der Waals surface area contributed by atoms with Crippen molar-refractivity contribution in [3.8, 4) is 0 Å². The summed E-state index contributed by atoms with van der Waals surface area (Å²) >= 11 is 0. The quantitative estimate of drug-likeness (QED) is 0.471. The lowest BCUT2D eigenvalue weighted by molar-refractivity contribution is -0.110. The van der Waals surface area contributed by atoms with Crippen LogP contribution in [0.1, 0.15) is 116 Å². The summed E-state index contributed by atoms with van der Waals surface area (Å²) in [5.74, 6) is 4.13. The third kappa shape index (κ3) is 4.39. The molecule has 30 heavy (non-hydrogen) atoms. The van der Waals surface area contributed by atoms with Crippen molar-refractivity contribution in [3.63, 3.8) is 0 Å². The summed E-state index contributed by atoms with van der Waals surface area (Å²) < 4.78 is 11.2. The zero-order valence-corrected chi connectivity index (χ0v) is 20.0. The second kappa shape index (κ2) is 9.05. The van der Waals surface area contributed by atoms with Crippen LogP contribution in [-0.4, -0.2) is 26.4 Å². The summed E-state index contributed by atoms with van der Waals surface area (Å²) in [5, 5.41) is 0. The monoisotopic (exact) mass is 416 g/mol. The molecule has 0 aliphatic heterocycles. The normalized spacial score (nSPS) is 49.8. The zero-order valence-electron chi connectivity index (χ0n) is 20.0. The molecule has 5 rings (SSSR count). The van der Waals surface area contributed by atoms with Gasteiger partial charge in [-0.2, -0.15) is 0 Å². The second-order valence-electron chi connectivity index (χ2n) is 12.6. The average Bonchev–Trinajstić information content (AvgIpc) is 2.79. The van der Waals surface area contributed by atoms with Gasteiger partial charge in [0, 0.05) is 14.2 Å². The van der Waals surface area contributed by atoms with Crippen LogP contribution in [-0.2, 0) is 9.47 Å². The maximum absolute atomic E-state index is 5.60. The first-order chi connectivity index (χ1) is 14.6. The number of methoxy groups -OCH3 is 2. The van der Waals surface area contributed by atoms with Gasteiger partial charge < -0.3 is 9.47 Å². The van der Waals surface area contributed by atoms with Crippen molar-refractivity contribution >= 4 is 0 Å². The third-order valence-corrected chi connectivity index (χ3v) is 11.1. The standard InChI is InChI=1S/C28H48O2/c1-29-25-7-3-21(4-8-25)23-11-15-27(16-12-23)19-28(20-27)17-13-24(14-18-28)22-5-9-26(30-2)10-6-22/h21-26H,3-20H2,1-2H3/t21-,22-,23?,24?,25-,26-,27?,28?. The van der Waals surface area contributed by atoms with Gasteiger partial charge in [-0.25, -0.2) is 0 Å². The Hall–Kier alpha value is -0.0800. The van der Waals surface area contributed by atoms with Crippen LogP contribution < -0.4 is 0 Å². The Morgan fingerprint density at radius 3 is 1.03 bits per heavy atom. The minimum atomic E-state index is 0.563. The molecule has 0 aromatic rings. The van der Waals surface area contributed by atoms with E-state index < -0.39 is 0 Å². The van der Waals surface area contributed by atoms with Crippen molar-refractivity contribution in [2.24, 2.45) is 34.5 Å². The molecule has 2 spiro atoms. The van der Waals surface area contributed by atoms with Crippen LogP contribution in [0.4, 0.5) is 0 Å². The first-order valence-corrected chi connectivity index (χ1v) is 13.7. The second-order valence-corrected chi connectivity index (χ2v) is 12.6. The molecule has 5 saturated carbocycles. The lowest BCUT2D eigenvalue weighted by Crippen LogP contribution is -2.50. The van der Waals surface area contributed by atoms with Gasteiger partial charge in [-0.15, -0.1) is 0 Å². The van der Waals surface area contributed by atoms with Gasteiger partial charge in [-0.05, 0) is 150 Å². The van der Waals surface area contributed by atoms with Crippen LogP contribution in [0, 0.1) is 34.5 Å². The van der Waals surface area contributed by atoms with Crippen molar-refractivity contribution in [1.82, 2.24) is 0 Å². The Morgan fingerprint density at radius 2 is 0.733 bits per heavy atom. The molecule has 0 heterocycles. The van der Waals surface area contributed by atoms with Crippen molar-refractivity contribution in [2.45, 2.75) is 128 Å². The van der Waals surface area contributed by atoms with Crippen molar-refractivity contribution in [2.75, 3.05) is 14.2 Å². The van der Waals surface area contributed by atoms with E-state index in [0.717, 1.165) is 34.5 Å². The summed E-state index contributed by atoms with van der Waals surface area (Å²) in [5.41, 5.74) is 1.56. The summed E-state index contributed by atoms with van der Waals surface area (Å²) in [6.45, 7) is 0. The van der Waals surface area contributed by atoms with E-state index >= 15 is 0 Å². The number of ether oxygens (including phenoxy) is 2.